The number of aromatic nitrogens is 3. The van der Waals surface area contributed by atoms with Gasteiger partial charge < -0.3 is 10.7 Å². The summed E-state index contributed by atoms with van der Waals surface area (Å²) < 4.78 is 0. The number of nitrogens with zero attached hydrogens (tertiary/aromatic N) is 3. The van der Waals surface area contributed by atoms with E-state index in [4.69, 9.17) is 17.3 Å². The second-order valence-corrected chi connectivity index (χ2v) is 7.42. The van der Waals surface area contributed by atoms with Crippen LogP contribution in [0.1, 0.15) is 32.0 Å². The molecule has 1 unspecified atom stereocenters. The van der Waals surface area contributed by atoms with Crippen molar-refractivity contribution in [2.45, 2.75) is 32.0 Å². The average molecular weight is 343 g/mol. The lowest BCUT2D eigenvalue weighted by molar-refractivity contribution is 0.359. The number of nitrogens with one attached hydrogen (secondary N) is 2. The van der Waals surface area contributed by atoms with Gasteiger partial charge in [-0.1, -0.05) is 29.8 Å². The number of halogens is 1. The highest BCUT2D eigenvalue weighted by atomic mass is 35.5. The maximum absolute atomic E-state index is 6.80. The number of hydrogen-bond donors (Lipinski definition) is 3. The van der Waals surface area contributed by atoms with E-state index < -0.39 is 5.66 Å². The van der Waals surface area contributed by atoms with Gasteiger partial charge in [-0.15, -0.1) is 0 Å². The zero-order valence-electron chi connectivity index (χ0n) is 13.8. The van der Waals surface area contributed by atoms with Crippen LogP contribution < -0.4 is 16.2 Å². The first-order valence-electron chi connectivity index (χ1n) is 7.76. The number of benzene rings is 1. The minimum Gasteiger partial charge on any atom is -0.354 e. The Bertz CT molecular complexity index is 928. The SMILES string of the molecule is CC(C)(C)N1NC(N)(c2[nH]c3ccccc3c2Cl)c2cncnc21. The van der Waals surface area contributed by atoms with Crippen LogP contribution in [0.15, 0.2) is 36.8 Å². The normalized spacial score (nSPS) is 20.6. The first kappa shape index (κ1) is 15.4. The molecule has 0 bridgehead atoms. The van der Waals surface area contributed by atoms with Gasteiger partial charge in [0.05, 0.1) is 16.3 Å². The number of nitrogens with two attached hydrogens (primary N) is 1. The number of H-pyrrole nitrogens is 1. The van der Waals surface area contributed by atoms with Crippen LogP contribution in [0.2, 0.25) is 5.02 Å². The molecule has 0 fully saturated rings. The van der Waals surface area contributed by atoms with Gasteiger partial charge in [-0.25, -0.2) is 15.4 Å². The van der Waals surface area contributed by atoms with E-state index in [-0.39, 0.29) is 5.54 Å². The fraction of sp³-hybridized carbons (Fsp3) is 0.294. The van der Waals surface area contributed by atoms with Crippen LogP contribution in [-0.2, 0) is 5.66 Å². The van der Waals surface area contributed by atoms with Gasteiger partial charge in [-0.05, 0) is 26.8 Å². The molecule has 0 spiro atoms. The number of para-hydroxylation sites is 1. The van der Waals surface area contributed by atoms with E-state index >= 15 is 0 Å². The highest BCUT2D eigenvalue weighted by Gasteiger charge is 2.47. The topological polar surface area (TPSA) is 82.9 Å². The molecule has 0 saturated carbocycles. The molecule has 24 heavy (non-hydrogen) atoms. The van der Waals surface area contributed by atoms with E-state index in [1.165, 1.54) is 6.33 Å². The van der Waals surface area contributed by atoms with Gasteiger partial charge in [-0.2, -0.15) is 0 Å². The van der Waals surface area contributed by atoms with Crippen LogP contribution in [0.25, 0.3) is 10.9 Å². The Kier molecular flexibility index (Phi) is 3.16. The van der Waals surface area contributed by atoms with E-state index in [1.807, 2.05) is 29.3 Å². The third-order valence-electron chi connectivity index (χ3n) is 4.32. The molecule has 4 N–H and O–H groups in total. The maximum atomic E-state index is 6.80. The lowest BCUT2D eigenvalue weighted by Gasteiger charge is -2.35. The number of hydrogen-bond acceptors (Lipinski definition) is 5. The van der Waals surface area contributed by atoms with Crippen molar-refractivity contribution in [3.8, 4) is 0 Å². The van der Waals surface area contributed by atoms with Crippen molar-refractivity contribution in [2.75, 3.05) is 5.01 Å². The highest BCUT2D eigenvalue weighted by molar-refractivity contribution is 6.36. The quantitative estimate of drug-likeness (QED) is 0.633. The van der Waals surface area contributed by atoms with Gasteiger partial charge in [0.1, 0.15) is 6.33 Å². The molecule has 2 aromatic heterocycles. The van der Waals surface area contributed by atoms with E-state index in [0.29, 0.717) is 10.7 Å². The number of anilines is 1. The first-order valence-corrected chi connectivity index (χ1v) is 8.14. The summed E-state index contributed by atoms with van der Waals surface area (Å²) in [6.07, 6.45) is 3.26. The summed E-state index contributed by atoms with van der Waals surface area (Å²) in [7, 11) is 0. The van der Waals surface area contributed by atoms with E-state index in [2.05, 4.69) is 41.1 Å². The van der Waals surface area contributed by atoms with Gasteiger partial charge in [0.15, 0.2) is 11.5 Å². The number of fused-ring (bicyclic) bond motifs is 2. The first-order chi connectivity index (χ1) is 11.3. The fourth-order valence-electron chi connectivity index (χ4n) is 3.12. The molecular weight excluding hydrogens is 324 g/mol. The third kappa shape index (κ3) is 2.04. The van der Waals surface area contributed by atoms with Crippen LogP contribution in [0.3, 0.4) is 0 Å². The van der Waals surface area contributed by atoms with Crippen LogP contribution in [0.5, 0.6) is 0 Å². The van der Waals surface area contributed by atoms with Crippen molar-refractivity contribution in [2.24, 2.45) is 5.73 Å². The molecular formula is C17H19ClN6. The Morgan fingerprint density at radius 2 is 2.00 bits per heavy atom. The summed E-state index contributed by atoms with van der Waals surface area (Å²) in [6.45, 7) is 6.26. The van der Waals surface area contributed by atoms with Crippen molar-refractivity contribution in [1.82, 2.24) is 20.4 Å². The van der Waals surface area contributed by atoms with Gasteiger partial charge in [0.25, 0.3) is 0 Å². The molecule has 0 saturated heterocycles. The van der Waals surface area contributed by atoms with Crippen molar-refractivity contribution < 1.29 is 0 Å². The molecule has 1 aliphatic rings. The molecule has 0 radical (unpaired) electrons. The van der Waals surface area contributed by atoms with Gasteiger partial charge in [0, 0.05) is 22.6 Å². The minimum atomic E-state index is -1.03. The Labute approximate surface area is 145 Å². The molecule has 3 aromatic rings. The molecule has 1 aromatic carbocycles. The Balaban J connectivity index is 1.95. The summed E-state index contributed by atoms with van der Waals surface area (Å²) in [6, 6.07) is 7.87. The largest absolute Gasteiger partial charge is 0.354 e. The van der Waals surface area contributed by atoms with Crippen molar-refractivity contribution in [3.63, 3.8) is 0 Å². The predicted molar refractivity (Wildman–Crippen MR) is 95.7 cm³/mol. The summed E-state index contributed by atoms with van der Waals surface area (Å²) >= 11 is 6.64. The van der Waals surface area contributed by atoms with E-state index in [9.17, 15) is 0 Å². The van der Waals surface area contributed by atoms with Gasteiger partial charge in [-0.3, -0.25) is 5.01 Å². The van der Waals surface area contributed by atoms with Crippen LogP contribution in [-0.4, -0.2) is 20.5 Å². The van der Waals surface area contributed by atoms with Crippen molar-refractivity contribution in [1.29, 1.82) is 0 Å². The molecule has 6 nitrogen and oxygen atoms in total. The van der Waals surface area contributed by atoms with E-state index in [0.717, 1.165) is 22.3 Å². The second-order valence-electron chi connectivity index (χ2n) is 7.05. The highest BCUT2D eigenvalue weighted by Crippen LogP contribution is 2.42. The Morgan fingerprint density at radius 3 is 2.71 bits per heavy atom. The zero-order valence-corrected chi connectivity index (χ0v) is 14.5. The van der Waals surface area contributed by atoms with Gasteiger partial charge >= 0.3 is 0 Å². The van der Waals surface area contributed by atoms with Crippen molar-refractivity contribution in [3.05, 3.63) is 53.1 Å². The molecule has 1 atom stereocenters. The standard InChI is InChI=1S/C17H19ClN6/c1-16(2,3)24-15-11(8-20-9-21-15)17(19,23-24)14-13(18)10-6-4-5-7-12(10)22-14/h4-9,22-23H,19H2,1-3H3. The summed E-state index contributed by atoms with van der Waals surface area (Å²) in [5, 5.41) is 3.51. The smallest absolute Gasteiger partial charge is 0.157 e. The zero-order chi connectivity index (χ0) is 17.1. The Morgan fingerprint density at radius 1 is 1.25 bits per heavy atom. The molecule has 1 aliphatic heterocycles. The average Bonchev–Trinajstić information content (AvgIpc) is 3.05. The number of aromatic amines is 1. The Hall–Kier alpha value is -2.15. The van der Waals surface area contributed by atoms with Crippen LogP contribution >= 0.6 is 11.6 Å². The van der Waals surface area contributed by atoms with E-state index in [1.54, 1.807) is 6.20 Å². The third-order valence-corrected chi connectivity index (χ3v) is 4.72. The number of rotatable bonds is 1. The molecule has 3 heterocycles. The fourth-order valence-corrected chi connectivity index (χ4v) is 3.49. The summed E-state index contributed by atoms with van der Waals surface area (Å²) in [5.41, 5.74) is 11.4. The predicted octanol–water partition coefficient (Wildman–Crippen LogP) is 2.89. The van der Waals surface area contributed by atoms with Gasteiger partial charge in [0.2, 0.25) is 0 Å². The molecule has 0 amide bonds. The van der Waals surface area contributed by atoms with Crippen LogP contribution in [0, 0.1) is 0 Å². The monoisotopic (exact) mass is 342 g/mol. The molecule has 7 heteroatoms. The molecule has 4 rings (SSSR count). The summed E-state index contributed by atoms with van der Waals surface area (Å²) in [4.78, 5) is 11.9. The van der Waals surface area contributed by atoms with Crippen LogP contribution in [0.4, 0.5) is 5.82 Å². The molecule has 124 valence electrons. The lowest BCUT2D eigenvalue weighted by atomic mass is 10.0. The second kappa shape index (κ2) is 4.92. The lowest BCUT2D eigenvalue weighted by Crippen LogP contribution is -2.58. The maximum Gasteiger partial charge on any atom is 0.157 e. The van der Waals surface area contributed by atoms with Crippen molar-refractivity contribution >= 4 is 28.3 Å². The summed E-state index contributed by atoms with van der Waals surface area (Å²) in [5.74, 6) is 0.759. The number of hydrazine groups is 1. The minimum absolute atomic E-state index is 0.220. The molecule has 0 aliphatic carbocycles.